The van der Waals surface area contributed by atoms with E-state index in [1.54, 1.807) is 48.1 Å². The number of aromatic amines is 1. The van der Waals surface area contributed by atoms with Gasteiger partial charge in [-0.3, -0.25) is 4.90 Å². The first-order valence-corrected chi connectivity index (χ1v) is 9.58. The summed E-state index contributed by atoms with van der Waals surface area (Å²) in [6, 6.07) is 9.15. The number of nitrogens with one attached hydrogen (secondary N) is 2. The van der Waals surface area contributed by atoms with Crippen molar-refractivity contribution in [3.63, 3.8) is 0 Å². The van der Waals surface area contributed by atoms with Gasteiger partial charge in [0.05, 0.1) is 23.4 Å². The van der Waals surface area contributed by atoms with Crippen molar-refractivity contribution in [3.8, 4) is 11.1 Å². The van der Waals surface area contributed by atoms with Crippen LogP contribution in [0.25, 0.3) is 22.2 Å². The normalized spacial score (nSPS) is 16.7. The standard InChI is InChI=1S/C20H14F2N4OS/c21-18-13(11-5-6-28-9-11)2-3-14(19(18)22)17-8-23-20(27)26(17)12-1-4-15-16(7-12)25-10-24-15/h1-7,9-10,17H,8H2,(H,23,27)(H,24,25). The van der Waals surface area contributed by atoms with Crippen LogP contribution < -0.4 is 10.2 Å². The zero-order chi connectivity index (χ0) is 19.3. The molecule has 1 saturated heterocycles. The number of halogens is 2. The second-order valence-corrected chi connectivity index (χ2v) is 7.30. The maximum Gasteiger partial charge on any atom is 0.322 e. The van der Waals surface area contributed by atoms with E-state index in [1.165, 1.54) is 16.2 Å². The third kappa shape index (κ3) is 2.56. The molecule has 3 heterocycles. The van der Waals surface area contributed by atoms with Gasteiger partial charge in [-0.15, -0.1) is 0 Å². The second-order valence-electron chi connectivity index (χ2n) is 6.52. The molecule has 2 aromatic heterocycles. The summed E-state index contributed by atoms with van der Waals surface area (Å²) in [5.74, 6) is -1.84. The van der Waals surface area contributed by atoms with Crippen molar-refractivity contribution in [3.05, 3.63) is 70.7 Å². The molecular weight excluding hydrogens is 382 g/mol. The lowest BCUT2D eigenvalue weighted by atomic mass is 10.00. The number of benzene rings is 2. The molecule has 1 aliphatic heterocycles. The number of H-pyrrole nitrogens is 1. The number of fused-ring (bicyclic) bond motifs is 1. The zero-order valence-corrected chi connectivity index (χ0v) is 15.3. The van der Waals surface area contributed by atoms with Crippen LogP contribution >= 0.6 is 11.3 Å². The lowest BCUT2D eigenvalue weighted by Crippen LogP contribution is -2.30. The Morgan fingerprint density at radius 2 is 2.04 bits per heavy atom. The molecule has 0 spiro atoms. The van der Waals surface area contributed by atoms with Crippen molar-refractivity contribution < 1.29 is 13.6 Å². The number of hydrogen-bond donors (Lipinski definition) is 2. The fourth-order valence-electron chi connectivity index (χ4n) is 3.58. The maximum absolute atomic E-state index is 15.0. The second kappa shape index (κ2) is 6.42. The minimum absolute atomic E-state index is 0.138. The van der Waals surface area contributed by atoms with E-state index in [2.05, 4.69) is 15.3 Å². The van der Waals surface area contributed by atoms with Crippen LogP contribution in [0.3, 0.4) is 0 Å². The van der Waals surface area contributed by atoms with Gasteiger partial charge in [0.2, 0.25) is 0 Å². The molecule has 0 bridgehead atoms. The molecule has 0 aliphatic carbocycles. The Bertz CT molecular complexity index is 1190. The highest BCUT2D eigenvalue weighted by Crippen LogP contribution is 2.36. The molecule has 28 heavy (non-hydrogen) atoms. The number of urea groups is 1. The average molecular weight is 396 g/mol. The first-order chi connectivity index (χ1) is 13.6. The number of amides is 2. The molecule has 2 aromatic carbocycles. The predicted octanol–water partition coefficient (Wildman–Crippen LogP) is 4.84. The number of rotatable bonds is 3. The van der Waals surface area contributed by atoms with Crippen molar-refractivity contribution in [1.82, 2.24) is 15.3 Å². The number of nitrogens with zero attached hydrogens (tertiary/aromatic N) is 2. The van der Waals surface area contributed by atoms with E-state index in [0.717, 1.165) is 11.0 Å². The van der Waals surface area contributed by atoms with Crippen LogP contribution in [-0.2, 0) is 0 Å². The number of thiophene rings is 1. The van der Waals surface area contributed by atoms with Crippen molar-refractivity contribution in [2.24, 2.45) is 0 Å². The highest BCUT2D eigenvalue weighted by Gasteiger charge is 2.36. The molecule has 0 saturated carbocycles. The average Bonchev–Trinajstić information content (AvgIpc) is 3.44. The zero-order valence-electron chi connectivity index (χ0n) is 14.4. The van der Waals surface area contributed by atoms with E-state index in [-0.39, 0.29) is 23.7 Å². The van der Waals surface area contributed by atoms with E-state index < -0.39 is 17.7 Å². The largest absolute Gasteiger partial charge is 0.345 e. The van der Waals surface area contributed by atoms with Gasteiger partial charge in [-0.25, -0.2) is 18.6 Å². The van der Waals surface area contributed by atoms with Gasteiger partial charge >= 0.3 is 6.03 Å². The predicted molar refractivity (Wildman–Crippen MR) is 104 cm³/mol. The van der Waals surface area contributed by atoms with Crippen LogP contribution in [0.15, 0.2) is 53.5 Å². The van der Waals surface area contributed by atoms with Gasteiger partial charge in [0.25, 0.3) is 0 Å². The number of anilines is 1. The Morgan fingerprint density at radius 3 is 2.86 bits per heavy atom. The van der Waals surface area contributed by atoms with Gasteiger partial charge < -0.3 is 10.3 Å². The number of imidazole rings is 1. The lowest BCUT2D eigenvalue weighted by molar-refractivity contribution is 0.251. The van der Waals surface area contributed by atoms with Gasteiger partial charge in [-0.2, -0.15) is 11.3 Å². The van der Waals surface area contributed by atoms with Crippen molar-refractivity contribution in [2.75, 3.05) is 11.4 Å². The van der Waals surface area contributed by atoms with Crippen LogP contribution in [-0.4, -0.2) is 22.5 Å². The summed E-state index contributed by atoms with van der Waals surface area (Å²) >= 11 is 1.42. The molecule has 1 fully saturated rings. The number of aromatic nitrogens is 2. The molecule has 140 valence electrons. The summed E-state index contributed by atoms with van der Waals surface area (Å²) in [7, 11) is 0. The third-order valence-electron chi connectivity index (χ3n) is 4.96. The van der Waals surface area contributed by atoms with Crippen LogP contribution in [0.2, 0.25) is 0 Å². The van der Waals surface area contributed by atoms with E-state index >= 15 is 0 Å². The first kappa shape index (κ1) is 16.9. The smallest absolute Gasteiger partial charge is 0.322 e. The van der Waals surface area contributed by atoms with Crippen LogP contribution in [0, 0.1) is 11.6 Å². The molecule has 1 aliphatic rings. The monoisotopic (exact) mass is 396 g/mol. The number of carbonyl (C=O) groups excluding carboxylic acids is 1. The minimum Gasteiger partial charge on any atom is -0.345 e. The van der Waals surface area contributed by atoms with Gasteiger partial charge in [0.15, 0.2) is 11.6 Å². The summed E-state index contributed by atoms with van der Waals surface area (Å²) < 4.78 is 29.7. The van der Waals surface area contributed by atoms with Gasteiger partial charge in [-0.1, -0.05) is 12.1 Å². The first-order valence-electron chi connectivity index (χ1n) is 8.64. The molecule has 4 aromatic rings. The van der Waals surface area contributed by atoms with Gasteiger partial charge in [0, 0.05) is 23.4 Å². The fraction of sp³-hybridized carbons (Fsp3) is 0.100. The number of carbonyl (C=O) groups is 1. The Morgan fingerprint density at radius 1 is 1.14 bits per heavy atom. The Labute approximate surface area is 162 Å². The topological polar surface area (TPSA) is 61.0 Å². The molecule has 0 radical (unpaired) electrons. The summed E-state index contributed by atoms with van der Waals surface area (Å²) in [5, 5.41) is 6.30. The molecule has 1 unspecified atom stereocenters. The Hall–Kier alpha value is -3.26. The molecule has 2 amide bonds. The van der Waals surface area contributed by atoms with E-state index in [4.69, 9.17) is 0 Å². The molecule has 1 atom stereocenters. The Balaban J connectivity index is 1.58. The van der Waals surface area contributed by atoms with Crippen LogP contribution in [0.5, 0.6) is 0 Å². The van der Waals surface area contributed by atoms with Gasteiger partial charge in [-0.05, 0) is 40.6 Å². The summed E-state index contributed by atoms with van der Waals surface area (Å²) in [6.45, 7) is 0.188. The van der Waals surface area contributed by atoms with E-state index in [9.17, 15) is 13.6 Å². The highest BCUT2D eigenvalue weighted by molar-refractivity contribution is 7.08. The van der Waals surface area contributed by atoms with E-state index in [1.807, 2.05) is 5.38 Å². The molecule has 5 rings (SSSR count). The van der Waals surface area contributed by atoms with Crippen molar-refractivity contribution >= 4 is 34.1 Å². The molecule has 5 nitrogen and oxygen atoms in total. The van der Waals surface area contributed by atoms with Gasteiger partial charge in [0.1, 0.15) is 0 Å². The fourth-order valence-corrected chi connectivity index (χ4v) is 4.24. The van der Waals surface area contributed by atoms with Crippen molar-refractivity contribution in [2.45, 2.75) is 6.04 Å². The molecule has 8 heteroatoms. The molecular formula is C20H14F2N4OS. The van der Waals surface area contributed by atoms with Crippen LogP contribution in [0.1, 0.15) is 11.6 Å². The number of hydrogen-bond acceptors (Lipinski definition) is 3. The third-order valence-corrected chi connectivity index (χ3v) is 5.65. The summed E-state index contributed by atoms with van der Waals surface area (Å²) in [6.07, 6.45) is 1.56. The minimum atomic E-state index is -0.933. The molecule has 2 N–H and O–H groups in total. The summed E-state index contributed by atoms with van der Waals surface area (Å²) in [4.78, 5) is 21.1. The summed E-state index contributed by atoms with van der Waals surface area (Å²) in [5.41, 5.74) is 3.09. The SMILES string of the molecule is O=C1NCC(c2ccc(-c3ccsc3)c(F)c2F)N1c1ccc2nc[nH]c2c1. The quantitative estimate of drug-likeness (QED) is 0.521. The van der Waals surface area contributed by atoms with Crippen LogP contribution in [0.4, 0.5) is 19.3 Å². The van der Waals surface area contributed by atoms with Crippen molar-refractivity contribution in [1.29, 1.82) is 0 Å². The Kier molecular flexibility index (Phi) is 3.87. The van der Waals surface area contributed by atoms with E-state index in [0.29, 0.717) is 11.3 Å². The lowest BCUT2D eigenvalue weighted by Gasteiger charge is -2.24. The maximum atomic E-state index is 15.0. The highest BCUT2D eigenvalue weighted by atomic mass is 32.1.